The van der Waals surface area contributed by atoms with Gasteiger partial charge in [0.15, 0.2) is 0 Å². The number of hydrogen-bond acceptors (Lipinski definition) is 3. The van der Waals surface area contributed by atoms with Crippen molar-refractivity contribution < 1.29 is 8.42 Å². The molecule has 1 N–H and O–H groups in total. The Labute approximate surface area is 56.9 Å². The Morgan fingerprint density at radius 3 is 1.38 bits per heavy atom. The second-order valence-corrected chi connectivity index (χ2v) is 4.80. The maximum atomic E-state index is 9.16. The topological polar surface area (TPSA) is 56.1 Å². The quantitative estimate of drug-likeness (QED) is 0.428. The van der Waals surface area contributed by atoms with Gasteiger partial charge in [-0.3, -0.25) is 0 Å². The molecule has 0 aliphatic carbocycles. The summed E-state index contributed by atoms with van der Waals surface area (Å²) in [7, 11) is 4.81. The van der Waals surface area contributed by atoms with Crippen LogP contribution in [0.1, 0.15) is 0 Å². The molecule has 0 aromatic heterocycles. The number of rotatable bonds is 0. The predicted molar refractivity (Wildman–Crippen MR) is 33.5 cm³/mol. The molecule has 1 rings (SSSR count). The fourth-order valence-corrected chi connectivity index (χ4v) is 0. The first-order chi connectivity index (χ1) is 3.50. The van der Waals surface area contributed by atoms with E-state index in [0.717, 1.165) is 0 Å². The molecule has 1 fully saturated rings. The fraction of sp³-hybridized carbons (Fsp3) is 1.00. The summed E-state index contributed by atoms with van der Waals surface area (Å²) in [5.74, 6) is 0. The van der Waals surface area contributed by atoms with Gasteiger partial charge in [-0.25, -0.2) is 0 Å². The SMILES string of the molecule is C1CN1.O=S(=O)(Cl)Cl. The fourth-order valence-electron chi connectivity index (χ4n) is 0. The molecule has 1 saturated heterocycles. The van der Waals surface area contributed by atoms with E-state index in [1.807, 2.05) is 0 Å². The molecule has 0 bridgehead atoms. The van der Waals surface area contributed by atoms with E-state index in [4.69, 9.17) is 8.42 Å². The van der Waals surface area contributed by atoms with Crippen molar-refractivity contribution in [2.45, 2.75) is 0 Å². The van der Waals surface area contributed by atoms with E-state index in [1.54, 1.807) is 0 Å². The third-order valence-corrected chi connectivity index (χ3v) is 0.250. The van der Waals surface area contributed by atoms with Crippen molar-refractivity contribution >= 4 is 29.6 Å². The van der Waals surface area contributed by atoms with Crippen LogP contribution in [-0.4, -0.2) is 21.5 Å². The molecular weight excluding hydrogens is 173 g/mol. The van der Waals surface area contributed by atoms with E-state index in [2.05, 4.69) is 26.7 Å². The molecule has 0 aromatic rings. The Kier molecular flexibility index (Phi) is 3.72. The van der Waals surface area contributed by atoms with Crippen LogP contribution in [0.2, 0.25) is 0 Å². The second-order valence-electron chi connectivity index (χ2n) is 1.13. The highest BCUT2D eigenvalue weighted by Gasteiger charge is 1.91. The molecule has 6 heteroatoms. The second kappa shape index (κ2) is 3.50. The van der Waals surface area contributed by atoms with E-state index in [1.165, 1.54) is 13.1 Å². The van der Waals surface area contributed by atoms with Crippen LogP contribution >= 0.6 is 21.4 Å². The molecule has 3 nitrogen and oxygen atoms in total. The predicted octanol–water partition coefficient (Wildman–Crippen LogP) is 0.298. The molecule has 1 aliphatic heterocycles. The van der Waals surface area contributed by atoms with Gasteiger partial charge < -0.3 is 5.32 Å². The molecule has 0 aromatic carbocycles. The molecule has 0 atom stereocenters. The molecule has 0 spiro atoms. The van der Waals surface area contributed by atoms with Gasteiger partial charge in [-0.15, -0.1) is 0 Å². The van der Waals surface area contributed by atoms with Crippen LogP contribution in [0.5, 0.6) is 0 Å². The summed E-state index contributed by atoms with van der Waals surface area (Å²) in [4.78, 5) is 0. The molecular formula is C2H5Cl2NO2S. The van der Waals surface area contributed by atoms with Gasteiger partial charge in [0.2, 0.25) is 0 Å². The number of hydrogen-bond donors (Lipinski definition) is 1. The normalized spacial score (nSPS) is 16.2. The van der Waals surface area contributed by atoms with Gasteiger partial charge in [0.05, 0.1) is 0 Å². The lowest BCUT2D eigenvalue weighted by Gasteiger charge is -1.61. The largest absolute Gasteiger partial charge is 0.317 e. The standard InChI is InChI=1S/C2H5N.Cl2O2S/c1-2-3-1;1-5(2,3)4/h3H,1-2H2;. The van der Waals surface area contributed by atoms with Crippen LogP contribution in [0.3, 0.4) is 0 Å². The van der Waals surface area contributed by atoms with Crippen molar-refractivity contribution in [3.8, 4) is 0 Å². The third-order valence-electron chi connectivity index (χ3n) is 0.250. The zero-order valence-corrected chi connectivity index (χ0v) is 6.22. The molecule has 0 saturated carbocycles. The van der Waals surface area contributed by atoms with Crippen LogP contribution in [-0.2, 0) is 8.26 Å². The minimum atomic E-state index is -3.72. The van der Waals surface area contributed by atoms with Crippen molar-refractivity contribution in [1.29, 1.82) is 0 Å². The lowest BCUT2D eigenvalue weighted by Crippen LogP contribution is -1.63. The smallest absolute Gasteiger partial charge is 0.314 e. The van der Waals surface area contributed by atoms with Crippen LogP contribution in [0.25, 0.3) is 0 Å². The maximum Gasteiger partial charge on any atom is 0.317 e. The van der Waals surface area contributed by atoms with Crippen LogP contribution in [0, 0.1) is 0 Å². The van der Waals surface area contributed by atoms with Crippen molar-refractivity contribution in [1.82, 2.24) is 5.32 Å². The van der Waals surface area contributed by atoms with Gasteiger partial charge in [-0.1, -0.05) is 0 Å². The highest BCUT2D eigenvalue weighted by atomic mass is 36.0. The lowest BCUT2D eigenvalue weighted by molar-refractivity contribution is 0.621. The van der Waals surface area contributed by atoms with E-state index in [0.29, 0.717) is 0 Å². The molecule has 50 valence electrons. The molecule has 1 heterocycles. The summed E-state index contributed by atoms with van der Waals surface area (Å²) in [5, 5.41) is 3.00. The lowest BCUT2D eigenvalue weighted by atomic mass is 11.0. The maximum absolute atomic E-state index is 9.16. The van der Waals surface area contributed by atoms with Gasteiger partial charge in [-0.2, -0.15) is 8.42 Å². The molecule has 0 radical (unpaired) electrons. The van der Waals surface area contributed by atoms with Gasteiger partial charge >= 0.3 is 8.26 Å². The molecule has 8 heavy (non-hydrogen) atoms. The minimum absolute atomic E-state index is 1.25. The number of halogens is 2. The Balaban J connectivity index is 0.000000135. The summed E-state index contributed by atoms with van der Waals surface area (Å²) in [6.45, 7) is 2.50. The van der Waals surface area contributed by atoms with E-state index < -0.39 is 8.26 Å². The average Bonchev–Trinajstić information content (AvgIpc) is 1.95. The average molecular weight is 178 g/mol. The Morgan fingerprint density at radius 1 is 1.25 bits per heavy atom. The van der Waals surface area contributed by atoms with E-state index >= 15 is 0 Å². The van der Waals surface area contributed by atoms with Crippen molar-refractivity contribution in [3.63, 3.8) is 0 Å². The van der Waals surface area contributed by atoms with Crippen LogP contribution in [0.4, 0.5) is 0 Å². The highest BCUT2D eigenvalue weighted by Crippen LogP contribution is 1.98. The first-order valence-corrected chi connectivity index (χ1v) is 4.98. The number of nitrogens with one attached hydrogen (secondary N) is 1. The first-order valence-electron chi connectivity index (χ1n) is 1.85. The zero-order chi connectivity index (χ0) is 6.62. The van der Waals surface area contributed by atoms with Crippen molar-refractivity contribution in [2.24, 2.45) is 0 Å². The summed E-state index contributed by atoms with van der Waals surface area (Å²) >= 11 is 0. The Bertz CT molecular complexity index is 129. The Morgan fingerprint density at radius 2 is 1.38 bits per heavy atom. The van der Waals surface area contributed by atoms with Gasteiger partial charge in [0.1, 0.15) is 0 Å². The van der Waals surface area contributed by atoms with Crippen molar-refractivity contribution in [3.05, 3.63) is 0 Å². The minimum Gasteiger partial charge on any atom is -0.314 e. The van der Waals surface area contributed by atoms with Crippen LogP contribution < -0.4 is 5.32 Å². The van der Waals surface area contributed by atoms with Gasteiger partial charge in [0.25, 0.3) is 0 Å². The molecule has 0 unspecified atom stereocenters. The third kappa shape index (κ3) is 88.1. The van der Waals surface area contributed by atoms with E-state index in [-0.39, 0.29) is 0 Å². The Hall–Kier alpha value is 0.490. The molecule has 0 amide bonds. The summed E-state index contributed by atoms with van der Waals surface area (Å²) in [6.07, 6.45) is 0. The molecule has 1 aliphatic rings. The first kappa shape index (κ1) is 8.49. The summed E-state index contributed by atoms with van der Waals surface area (Å²) < 4.78 is 18.3. The summed E-state index contributed by atoms with van der Waals surface area (Å²) in [6, 6.07) is 0. The van der Waals surface area contributed by atoms with Gasteiger partial charge in [0, 0.05) is 34.5 Å². The van der Waals surface area contributed by atoms with Crippen LogP contribution in [0.15, 0.2) is 0 Å². The summed E-state index contributed by atoms with van der Waals surface area (Å²) in [5.41, 5.74) is 0. The monoisotopic (exact) mass is 177 g/mol. The van der Waals surface area contributed by atoms with E-state index in [9.17, 15) is 0 Å². The zero-order valence-electron chi connectivity index (χ0n) is 3.89. The highest BCUT2D eigenvalue weighted by molar-refractivity contribution is 8.31. The van der Waals surface area contributed by atoms with Gasteiger partial charge in [-0.05, 0) is 0 Å². The van der Waals surface area contributed by atoms with Crippen molar-refractivity contribution in [2.75, 3.05) is 13.1 Å².